The molecule has 2 N–H and O–H groups in total. The summed E-state index contributed by atoms with van der Waals surface area (Å²) in [5.41, 5.74) is 2.62. The summed E-state index contributed by atoms with van der Waals surface area (Å²) in [6, 6.07) is 9.89. The lowest BCUT2D eigenvalue weighted by Gasteiger charge is -2.31. The van der Waals surface area contributed by atoms with Gasteiger partial charge in [0.25, 0.3) is 0 Å². The van der Waals surface area contributed by atoms with E-state index in [-0.39, 0.29) is 6.10 Å². The largest absolute Gasteiger partial charge is 0.393 e. The average Bonchev–Trinajstić information content (AvgIpc) is 2.55. The van der Waals surface area contributed by atoms with Crippen molar-refractivity contribution in [2.45, 2.75) is 51.3 Å². The van der Waals surface area contributed by atoms with Crippen LogP contribution in [0.15, 0.2) is 24.3 Å². The second kappa shape index (κ2) is 8.80. The molecule has 22 heavy (non-hydrogen) atoms. The monoisotopic (exact) mass is 322 g/mol. The van der Waals surface area contributed by atoms with Crippen molar-refractivity contribution in [1.82, 2.24) is 5.32 Å². The first-order valence-electron chi connectivity index (χ1n) is 8.42. The summed E-state index contributed by atoms with van der Waals surface area (Å²) >= 11 is 1.90. The van der Waals surface area contributed by atoms with Crippen LogP contribution in [0.5, 0.6) is 0 Å². The number of benzene rings is 1. The molecule has 124 valence electrons. The molecule has 1 aliphatic rings. The van der Waals surface area contributed by atoms with E-state index in [4.69, 9.17) is 0 Å². The minimum atomic E-state index is -0.109. The maximum atomic E-state index is 9.61. The van der Waals surface area contributed by atoms with Gasteiger partial charge >= 0.3 is 0 Å². The van der Waals surface area contributed by atoms with Crippen molar-refractivity contribution in [1.29, 1.82) is 0 Å². The Hall–Kier alpha value is -0.710. The fourth-order valence-electron chi connectivity index (χ4n) is 3.03. The van der Waals surface area contributed by atoms with Crippen LogP contribution < -0.4 is 10.2 Å². The van der Waals surface area contributed by atoms with Crippen LogP contribution in [0.4, 0.5) is 5.69 Å². The quantitative estimate of drug-likeness (QED) is 0.806. The highest BCUT2D eigenvalue weighted by molar-refractivity contribution is 7.98. The SMILES string of the molecule is CCC(CSC)NC(C)c1ccc(N2CCC(O)CC2)cc1. The second-order valence-corrected chi connectivity index (χ2v) is 7.17. The highest BCUT2D eigenvalue weighted by atomic mass is 32.2. The third-order valence-electron chi connectivity index (χ3n) is 4.57. The van der Waals surface area contributed by atoms with Crippen molar-refractivity contribution in [2.24, 2.45) is 0 Å². The molecule has 0 aromatic heterocycles. The number of rotatable bonds is 7. The van der Waals surface area contributed by atoms with Crippen LogP contribution in [0, 0.1) is 0 Å². The third-order valence-corrected chi connectivity index (χ3v) is 5.30. The van der Waals surface area contributed by atoms with Crippen LogP contribution in [0.2, 0.25) is 0 Å². The molecule has 1 aromatic rings. The van der Waals surface area contributed by atoms with Gasteiger partial charge in [0, 0.05) is 36.6 Å². The molecule has 0 bridgehead atoms. The van der Waals surface area contributed by atoms with Gasteiger partial charge in [0.15, 0.2) is 0 Å². The summed E-state index contributed by atoms with van der Waals surface area (Å²) < 4.78 is 0. The molecule has 0 amide bonds. The van der Waals surface area contributed by atoms with E-state index >= 15 is 0 Å². The van der Waals surface area contributed by atoms with Gasteiger partial charge in [-0.15, -0.1) is 0 Å². The number of nitrogens with one attached hydrogen (secondary N) is 1. The van der Waals surface area contributed by atoms with E-state index in [0.717, 1.165) is 31.7 Å². The Bertz CT molecular complexity index is 429. The zero-order valence-corrected chi connectivity index (χ0v) is 14.9. The number of nitrogens with zero attached hydrogens (tertiary/aromatic N) is 1. The van der Waals surface area contributed by atoms with Crippen LogP contribution in [-0.4, -0.2) is 42.4 Å². The van der Waals surface area contributed by atoms with Gasteiger partial charge in [-0.3, -0.25) is 0 Å². The molecule has 0 radical (unpaired) electrons. The number of aliphatic hydroxyl groups excluding tert-OH is 1. The standard InChI is InChI=1S/C18H30N2OS/c1-4-16(13-22-3)19-14(2)15-5-7-17(8-6-15)20-11-9-18(21)10-12-20/h5-8,14,16,18-19,21H,4,9-13H2,1-3H3. The molecule has 1 aromatic carbocycles. The third kappa shape index (κ3) is 4.90. The van der Waals surface area contributed by atoms with Crippen molar-refractivity contribution in [3.63, 3.8) is 0 Å². The zero-order chi connectivity index (χ0) is 15.9. The maximum Gasteiger partial charge on any atom is 0.0574 e. The minimum Gasteiger partial charge on any atom is -0.393 e. The Morgan fingerprint density at radius 2 is 1.91 bits per heavy atom. The van der Waals surface area contributed by atoms with Crippen LogP contribution in [0.1, 0.15) is 44.7 Å². The Balaban J connectivity index is 1.93. The van der Waals surface area contributed by atoms with E-state index in [1.54, 1.807) is 0 Å². The number of aliphatic hydroxyl groups is 1. The van der Waals surface area contributed by atoms with E-state index in [9.17, 15) is 5.11 Å². The first-order chi connectivity index (χ1) is 10.6. The summed E-state index contributed by atoms with van der Waals surface area (Å²) in [7, 11) is 0. The summed E-state index contributed by atoms with van der Waals surface area (Å²) in [5, 5.41) is 13.3. The van der Waals surface area contributed by atoms with E-state index in [1.807, 2.05) is 11.8 Å². The van der Waals surface area contributed by atoms with Crippen molar-refractivity contribution in [2.75, 3.05) is 30.0 Å². The molecule has 1 aliphatic heterocycles. The van der Waals surface area contributed by atoms with Crippen molar-refractivity contribution >= 4 is 17.4 Å². The lowest BCUT2D eigenvalue weighted by atomic mass is 10.0. The van der Waals surface area contributed by atoms with E-state index in [1.165, 1.54) is 17.7 Å². The van der Waals surface area contributed by atoms with Gasteiger partial charge in [-0.25, -0.2) is 0 Å². The van der Waals surface area contributed by atoms with Gasteiger partial charge in [-0.1, -0.05) is 19.1 Å². The first kappa shape index (κ1) is 17.6. The van der Waals surface area contributed by atoms with E-state index in [0.29, 0.717) is 12.1 Å². The summed E-state index contributed by atoms with van der Waals surface area (Å²) in [4.78, 5) is 2.37. The number of hydrogen-bond donors (Lipinski definition) is 2. The Labute approximate surface area is 139 Å². The fourth-order valence-corrected chi connectivity index (χ4v) is 3.77. The van der Waals surface area contributed by atoms with Gasteiger partial charge in [-0.05, 0) is 50.1 Å². The van der Waals surface area contributed by atoms with Gasteiger partial charge in [0.05, 0.1) is 6.10 Å². The Morgan fingerprint density at radius 1 is 1.27 bits per heavy atom. The molecule has 1 saturated heterocycles. The van der Waals surface area contributed by atoms with Crippen molar-refractivity contribution < 1.29 is 5.11 Å². The van der Waals surface area contributed by atoms with Crippen molar-refractivity contribution in [3.05, 3.63) is 29.8 Å². The van der Waals surface area contributed by atoms with E-state index in [2.05, 4.69) is 54.6 Å². The van der Waals surface area contributed by atoms with Crippen LogP contribution in [0.3, 0.4) is 0 Å². The highest BCUT2D eigenvalue weighted by Gasteiger charge is 2.17. The summed E-state index contributed by atoms with van der Waals surface area (Å²) in [5.74, 6) is 1.16. The Kier molecular flexibility index (Phi) is 7.06. The fraction of sp³-hybridized carbons (Fsp3) is 0.667. The molecule has 2 unspecified atom stereocenters. The lowest BCUT2D eigenvalue weighted by molar-refractivity contribution is 0.145. The van der Waals surface area contributed by atoms with Crippen molar-refractivity contribution in [3.8, 4) is 0 Å². The molecule has 4 heteroatoms. The molecule has 3 nitrogen and oxygen atoms in total. The van der Waals surface area contributed by atoms with Crippen LogP contribution in [-0.2, 0) is 0 Å². The topological polar surface area (TPSA) is 35.5 Å². The molecule has 1 fully saturated rings. The molecular weight excluding hydrogens is 292 g/mol. The average molecular weight is 323 g/mol. The van der Waals surface area contributed by atoms with Crippen LogP contribution in [0.25, 0.3) is 0 Å². The predicted octanol–water partition coefficient (Wildman–Crippen LogP) is 3.44. The Morgan fingerprint density at radius 3 is 2.45 bits per heavy atom. The summed E-state index contributed by atoms with van der Waals surface area (Å²) in [6.45, 7) is 6.41. The first-order valence-corrected chi connectivity index (χ1v) is 9.81. The molecule has 1 heterocycles. The zero-order valence-electron chi connectivity index (χ0n) is 14.1. The maximum absolute atomic E-state index is 9.61. The molecule has 2 atom stereocenters. The molecule has 0 spiro atoms. The second-order valence-electron chi connectivity index (χ2n) is 6.26. The molecule has 0 aliphatic carbocycles. The lowest BCUT2D eigenvalue weighted by Crippen LogP contribution is -2.35. The van der Waals surface area contributed by atoms with E-state index < -0.39 is 0 Å². The molecule has 0 saturated carbocycles. The molecule has 2 rings (SSSR count). The predicted molar refractivity (Wildman–Crippen MR) is 97.9 cm³/mol. The normalized spacial score (nSPS) is 19.2. The minimum absolute atomic E-state index is 0.109. The highest BCUT2D eigenvalue weighted by Crippen LogP contribution is 2.23. The molecular formula is C18H30N2OS. The number of piperidine rings is 1. The summed E-state index contributed by atoms with van der Waals surface area (Å²) in [6.07, 6.45) is 4.99. The van der Waals surface area contributed by atoms with Gasteiger partial charge < -0.3 is 15.3 Å². The smallest absolute Gasteiger partial charge is 0.0574 e. The van der Waals surface area contributed by atoms with Crippen LogP contribution >= 0.6 is 11.8 Å². The number of anilines is 1. The van der Waals surface area contributed by atoms with Gasteiger partial charge in [0.1, 0.15) is 0 Å². The number of hydrogen-bond acceptors (Lipinski definition) is 4. The van der Waals surface area contributed by atoms with Gasteiger partial charge in [-0.2, -0.15) is 11.8 Å². The number of thioether (sulfide) groups is 1. The van der Waals surface area contributed by atoms with Gasteiger partial charge in [0.2, 0.25) is 0 Å².